The maximum Gasteiger partial charge on any atom is 0.336 e. The van der Waals surface area contributed by atoms with E-state index in [1.165, 1.54) is 30.3 Å². The maximum absolute atomic E-state index is 13.0. The van der Waals surface area contributed by atoms with Crippen molar-refractivity contribution in [1.29, 1.82) is 0 Å². The number of halogens is 1. The first-order chi connectivity index (χ1) is 14.9. The van der Waals surface area contributed by atoms with Gasteiger partial charge in [-0.3, -0.25) is 14.3 Å². The summed E-state index contributed by atoms with van der Waals surface area (Å²) in [5.74, 6) is -0.597. The molecule has 0 unspecified atom stereocenters. The third-order valence-corrected chi connectivity index (χ3v) is 5.04. The first kappa shape index (κ1) is 20.3. The number of hydrogen-bond donors (Lipinski definition) is 1. The van der Waals surface area contributed by atoms with Gasteiger partial charge < -0.3 is 9.64 Å². The van der Waals surface area contributed by atoms with E-state index >= 15 is 0 Å². The van der Waals surface area contributed by atoms with Crippen LogP contribution in [0.4, 0.5) is 10.2 Å². The Kier molecular flexibility index (Phi) is 5.53. The van der Waals surface area contributed by atoms with Gasteiger partial charge in [-0.15, -0.1) is 0 Å². The molecule has 4 rings (SSSR count). The maximum atomic E-state index is 13.0. The van der Waals surface area contributed by atoms with E-state index in [4.69, 9.17) is 4.74 Å². The van der Waals surface area contributed by atoms with E-state index in [1.807, 2.05) is 30.3 Å². The number of ether oxygens (including phenoxy) is 1. The monoisotopic (exact) mass is 421 g/mol. The van der Waals surface area contributed by atoms with E-state index in [0.29, 0.717) is 11.4 Å². The largest absolute Gasteiger partial charge is 0.457 e. The lowest BCUT2D eigenvalue weighted by Gasteiger charge is -2.26. The van der Waals surface area contributed by atoms with Crippen LogP contribution in [0.3, 0.4) is 0 Å². The van der Waals surface area contributed by atoms with Crippen LogP contribution < -0.4 is 16.1 Å². The number of anilines is 1. The number of nitrogens with one attached hydrogen (secondary N) is 1. The van der Waals surface area contributed by atoms with Crippen LogP contribution in [-0.2, 0) is 22.7 Å². The van der Waals surface area contributed by atoms with Crippen LogP contribution >= 0.6 is 0 Å². The van der Waals surface area contributed by atoms with Crippen LogP contribution in [0.15, 0.2) is 69.8 Å². The number of likely N-dealkylation sites (N-methyl/N-ethyl adjacent to an activating group) is 1. The third kappa shape index (κ3) is 4.32. The van der Waals surface area contributed by atoms with E-state index in [-0.39, 0.29) is 36.7 Å². The highest BCUT2D eigenvalue weighted by molar-refractivity contribution is 5.97. The summed E-state index contributed by atoms with van der Waals surface area (Å²) in [6.07, 6.45) is 1.46. The number of nitrogens with zero attached hydrogens (tertiary/aromatic N) is 2. The van der Waals surface area contributed by atoms with Gasteiger partial charge in [0.05, 0.1) is 24.2 Å². The third-order valence-electron chi connectivity index (χ3n) is 5.04. The second kappa shape index (κ2) is 8.43. The molecule has 7 nitrogen and oxygen atoms in total. The molecule has 158 valence electrons. The molecule has 2 heterocycles. The number of H-pyrrole nitrogens is 1. The lowest BCUT2D eigenvalue weighted by Crippen LogP contribution is -2.41. The first-order valence-electron chi connectivity index (χ1n) is 9.66. The molecule has 1 aliphatic rings. The Morgan fingerprint density at radius 3 is 2.48 bits per heavy atom. The SMILES string of the molecule is CN1CC(C(=O)OCc2ccc(F)cc2)=Cc2c1[nH]c(=O)n(Cc1ccccc1)c2=O. The number of carbonyl (C=O) groups excluding carboxylic acids is 1. The van der Waals surface area contributed by atoms with Gasteiger partial charge in [-0.2, -0.15) is 0 Å². The lowest BCUT2D eigenvalue weighted by atomic mass is 10.1. The Balaban J connectivity index is 1.61. The van der Waals surface area contributed by atoms with Crippen LogP contribution in [0.25, 0.3) is 6.08 Å². The number of rotatable bonds is 5. The molecule has 0 radical (unpaired) electrons. The van der Waals surface area contributed by atoms with Crippen molar-refractivity contribution in [3.8, 4) is 0 Å². The molecule has 2 aromatic carbocycles. The molecule has 3 aromatic rings. The summed E-state index contributed by atoms with van der Waals surface area (Å²) >= 11 is 0. The number of esters is 1. The second-order valence-corrected chi connectivity index (χ2v) is 7.30. The zero-order chi connectivity index (χ0) is 22.0. The number of carbonyl (C=O) groups is 1. The zero-order valence-corrected chi connectivity index (χ0v) is 16.8. The van der Waals surface area contributed by atoms with Crippen LogP contribution in [0, 0.1) is 5.82 Å². The van der Waals surface area contributed by atoms with Crippen molar-refractivity contribution < 1.29 is 13.9 Å². The molecule has 31 heavy (non-hydrogen) atoms. The molecular weight excluding hydrogens is 401 g/mol. The van der Waals surface area contributed by atoms with E-state index in [1.54, 1.807) is 11.9 Å². The second-order valence-electron chi connectivity index (χ2n) is 7.30. The minimum absolute atomic E-state index is 0.0170. The number of benzene rings is 2. The van der Waals surface area contributed by atoms with Crippen LogP contribution in [0.2, 0.25) is 0 Å². The molecule has 0 aliphatic carbocycles. The van der Waals surface area contributed by atoms with Gasteiger partial charge in [-0.1, -0.05) is 42.5 Å². The molecule has 0 amide bonds. The number of aromatic amines is 1. The van der Waals surface area contributed by atoms with Crippen LogP contribution in [0.1, 0.15) is 16.7 Å². The predicted octanol–water partition coefficient (Wildman–Crippen LogP) is 2.30. The minimum atomic E-state index is -0.581. The molecule has 0 fully saturated rings. The average molecular weight is 421 g/mol. The fraction of sp³-hybridized carbons (Fsp3) is 0.174. The molecule has 1 N–H and O–H groups in total. The lowest BCUT2D eigenvalue weighted by molar-refractivity contribution is -0.140. The fourth-order valence-electron chi connectivity index (χ4n) is 3.42. The summed E-state index contributed by atoms with van der Waals surface area (Å²) in [6.45, 7) is 0.272. The van der Waals surface area contributed by atoms with Gasteiger partial charge in [-0.25, -0.2) is 14.0 Å². The van der Waals surface area contributed by atoms with E-state index < -0.39 is 17.2 Å². The van der Waals surface area contributed by atoms with E-state index in [9.17, 15) is 18.8 Å². The van der Waals surface area contributed by atoms with Crippen LogP contribution in [0.5, 0.6) is 0 Å². The number of hydrogen-bond acceptors (Lipinski definition) is 5. The molecule has 0 saturated heterocycles. The van der Waals surface area contributed by atoms with Gasteiger partial charge in [-0.05, 0) is 29.3 Å². The van der Waals surface area contributed by atoms with Gasteiger partial charge in [0.1, 0.15) is 18.2 Å². The van der Waals surface area contributed by atoms with Crippen molar-refractivity contribution in [2.24, 2.45) is 0 Å². The minimum Gasteiger partial charge on any atom is -0.457 e. The van der Waals surface area contributed by atoms with Gasteiger partial charge in [0.25, 0.3) is 5.56 Å². The van der Waals surface area contributed by atoms with Crippen molar-refractivity contribution in [2.45, 2.75) is 13.2 Å². The average Bonchev–Trinajstić information content (AvgIpc) is 2.77. The smallest absolute Gasteiger partial charge is 0.336 e. The Hall–Kier alpha value is -3.94. The highest BCUT2D eigenvalue weighted by atomic mass is 19.1. The summed E-state index contributed by atoms with van der Waals surface area (Å²) < 4.78 is 19.4. The standard InChI is InChI=1S/C23H20FN3O4/c1-26-13-17(22(29)31-14-16-7-9-18(24)10-8-16)11-19-20(26)25-23(30)27(21(19)28)12-15-5-3-2-4-6-15/h2-11H,12-14H2,1H3,(H,25,30). The Morgan fingerprint density at radius 1 is 1.06 bits per heavy atom. The van der Waals surface area contributed by atoms with Crippen molar-refractivity contribution >= 4 is 17.9 Å². The number of aromatic nitrogens is 2. The Labute approximate surface area is 177 Å². The zero-order valence-electron chi connectivity index (χ0n) is 16.8. The summed E-state index contributed by atoms with van der Waals surface area (Å²) in [5.41, 5.74) is 0.954. The van der Waals surface area contributed by atoms with Crippen molar-refractivity contribution in [3.63, 3.8) is 0 Å². The molecule has 0 saturated carbocycles. The molecule has 8 heteroatoms. The molecule has 1 aliphatic heterocycles. The van der Waals surface area contributed by atoms with Crippen molar-refractivity contribution in [2.75, 3.05) is 18.5 Å². The fourth-order valence-corrected chi connectivity index (χ4v) is 3.42. The highest BCUT2D eigenvalue weighted by Gasteiger charge is 2.25. The predicted molar refractivity (Wildman–Crippen MR) is 114 cm³/mol. The Morgan fingerprint density at radius 2 is 1.77 bits per heavy atom. The molecule has 0 spiro atoms. The summed E-state index contributed by atoms with van der Waals surface area (Å²) in [5, 5.41) is 0. The Bertz CT molecular complexity index is 1260. The molecular formula is C23H20FN3O4. The molecule has 0 atom stereocenters. The summed E-state index contributed by atoms with van der Waals surface area (Å²) in [7, 11) is 1.68. The van der Waals surface area contributed by atoms with E-state index in [0.717, 1.165) is 10.1 Å². The quantitative estimate of drug-likeness (QED) is 0.639. The topological polar surface area (TPSA) is 84.4 Å². The number of fused-ring (bicyclic) bond motifs is 1. The van der Waals surface area contributed by atoms with Crippen LogP contribution in [-0.4, -0.2) is 29.1 Å². The normalized spacial score (nSPS) is 12.8. The summed E-state index contributed by atoms with van der Waals surface area (Å²) in [6, 6.07) is 14.8. The highest BCUT2D eigenvalue weighted by Crippen LogP contribution is 2.22. The summed E-state index contributed by atoms with van der Waals surface area (Å²) in [4.78, 5) is 42.5. The van der Waals surface area contributed by atoms with Crippen molar-refractivity contribution in [1.82, 2.24) is 9.55 Å². The van der Waals surface area contributed by atoms with Gasteiger partial charge >= 0.3 is 11.7 Å². The van der Waals surface area contributed by atoms with Gasteiger partial charge in [0, 0.05) is 7.05 Å². The molecule has 0 bridgehead atoms. The van der Waals surface area contributed by atoms with Crippen molar-refractivity contribution in [3.05, 3.63) is 104 Å². The first-order valence-corrected chi connectivity index (χ1v) is 9.66. The van der Waals surface area contributed by atoms with E-state index in [2.05, 4.69) is 4.98 Å². The molecule has 1 aromatic heterocycles. The van der Waals surface area contributed by atoms with Gasteiger partial charge in [0.2, 0.25) is 0 Å². The van der Waals surface area contributed by atoms with Gasteiger partial charge in [0.15, 0.2) is 0 Å².